The summed E-state index contributed by atoms with van der Waals surface area (Å²) in [6.45, 7) is 6.05. The van der Waals surface area contributed by atoms with Crippen molar-refractivity contribution in [3.05, 3.63) is 45.9 Å². The number of methoxy groups -OCH3 is 1. The zero-order chi connectivity index (χ0) is 24.0. The molecule has 2 atom stereocenters. The molecule has 0 spiro atoms. The van der Waals surface area contributed by atoms with Gasteiger partial charge in [-0.3, -0.25) is 14.2 Å². The third-order valence-corrected chi connectivity index (χ3v) is 7.40. The number of Topliss-reactive ketones (excluding diaryl/α,β-unsaturated/α-hetero) is 1. The number of ether oxygens (including phenoxy) is 2. The van der Waals surface area contributed by atoms with E-state index in [-0.39, 0.29) is 37.0 Å². The highest BCUT2D eigenvalue weighted by molar-refractivity contribution is 9.10. The van der Waals surface area contributed by atoms with E-state index in [2.05, 4.69) is 27.5 Å². The zero-order valence-electron chi connectivity index (χ0n) is 18.8. The topological polar surface area (TPSA) is 90.7 Å². The lowest BCUT2D eigenvalue weighted by molar-refractivity contribution is -0.122. The molecule has 33 heavy (non-hydrogen) atoms. The first-order valence-corrected chi connectivity index (χ1v) is 12.6. The van der Waals surface area contributed by atoms with E-state index in [1.807, 2.05) is 19.1 Å². The molecule has 1 saturated heterocycles. The quantitative estimate of drug-likeness (QED) is 0.352. The molecule has 0 aliphatic carbocycles. The van der Waals surface area contributed by atoms with Crippen molar-refractivity contribution in [2.24, 2.45) is 0 Å². The summed E-state index contributed by atoms with van der Waals surface area (Å²) in [5.74, 6) is 0.680. The van der Waals surface area contributed by atoms with Gasteiger partial charge in [0.2, 0.25) is 0 Å². The van der Waals surface area contributed by atoms with Gasteiger partial charge in [-0.25, -0.2) is 9.78 Å². The van der Waals surface area contributed by atoms with Crippen LogP contribution >= 0.6 is 27.7 Å². The molecule has 1 amide bonds. The van der Waals surface area contributed by atoms with Gasteiger partial charge in [0.25, 0.3) is 5.56 Å². The fourth-order valence-electron chi connectivity index (χ4n) is 4.00. The average molecular weight is 538 g/mol. The number of nitrogens with zero attached hydrogens (tertiary/aromatic N) is 3. The van der Waals surface area contributed by atoms with Crippen molar-refractivity contribution in [1.82, 2.24) is 14.5 Å². The van der Waals surface area contributed by atoms with Crippen molar-refractivity contribution < 1.29 is 19.1 Å². The summed E-state index contributed by atoms with van der Waals surface area (Å²) in [5, 5.41) is 0.464. The number of fused-ring (bicyclic) bond motifs is 1. The van der Waals surface area contributed by atoms with Crippen molar-refractivity contribution in [2.75, 3.05) is 26.0 Å². The molecule has 1 aliphatic heterocycles. The van der Waals surface area contributed by atoms with Crippen molar-refractivity contribution in [3.8, 4) is 0 Å². The number of thioether (sulfide) groups is 1. The van der Waals surface area contributed by atoms with Gasteiger partial charge in [-0.2, -0.15) is 0 Å². The normalized spacial score (nSPS) is 18.3. The Kier molecular flexibility index (Phi) is 9.10. The minimum atomic E-state index is -0.495. The number of likely N-dealkylation sites (tertiary alicyclic amines) is 1. The maximum Gasteiger partial charge on any atom is 0.410 e. The molecule has 1 aromatic carbocycles. The predicted molar refractivity (Wildman–Crippen MR) is 132 cm³/mol. The van der Waals surface area contributed by atoms with E-state index < -0.39 is 12.1 Å². The molecule has 178 valence electrons. The molecular formula is C23H28BrN3O5S. The van der Waals surface area contributed by atoms with Crippen LogP contribution in [0.25, 0.3) is 10.9 Å². The van der Waals surface area contributed by atoms with Crippen molar-refractivity contribution in [1.29, 1.82) is 0 Å². The van der Waals surface area contributed by atoms with Crippen molar-refractivity contribution >= 4 is 50.5 Å². The van der Waals surface area contributed by atoms with E-state index in [0.717, 1.165) is 28.0 Å². The lowest BCUT2D eigenvalue weighted by Crippen LogP contribution is -2.53. The molecule has 0 N–H and O–H groups in total. The number of hydrogen-bond acceptors (Lipinski definition) is 7. The molecule has 0 saturated carbocycles. The summed E-state index contributed by atoms with van der Waals surface area (Å²) in [7, 11) is 1.57. The molecule has 0 bridgehead atoms. The van der Waals surface area contributed by atoms with Gasteiger partial charge in [0, 0.05) is 29.4 Å². The fourth-order valence-corrected chi connectivity index (χ4v) is 5.39. The van der Waals surface area contributed by atoms with Gasteiger partial charge in [0.05, 0.1) is 35.9 Å². The number of aromatic nitrogens is 2. The molecule has 10 heteroatoms. The van der Waals surface area contributed by atoms with Gasteiger partial charge in [-0.1, -0.05) is 19.6 Å². The largest absolute Gasteiger partial charge is 0.445 e. The Balaban J connectivity index is 1.81. The Bertz CT molecular complexity index is 1090. The van der Waals surface area contributed by atoms with Crippen LogP contribution in [-0.2, 0) is 20.8 Å². The SMILES string of the molecule is C=CCOC(=O)N1CCC[C@@H](OC)[C@@H]1CC(=O)Cn1cnc2cc(Br)c(SCC)cc2c1=O. The summed E-state index contributed by atoms with van der Waals surface area (Å²) < 4.78 is 13.0. The van der Waals surface area contributed by atoms with E-state index in [4.69, 9.17) is 9.47 Å². The number of hydrogen-bond donors (Lipinski definition) is 0. The Hall–Kier alpha value is -2.17. The van der Waals surface area contributed by atoms with Crippen LogP contribution in [0.15, 0.2) is 45.3 Å². The van der Waals surface area contributed by atoms with Gasteiger partial charge in [-0.15, -0.1) is 11.8 Å². The van der Waals surface area contributed by atoms with E-state index in [0.29, 0.717) is 17.4 Å². The number of halogens is 1. The van der Waals surface area contributed by atoms with Crippen LogP contribution < -0.4 is 5.56 Å². The second-order valence-electron chi connectivity index (χ2n) is 7.70. The number of benzene rings is 1. The second kappa shape index (κ2) is 11.8. The van der Waals surface area contributed by atoms with E-state index in [9.17, 15) is 14.4 Å². The first-order chi connectivity index (χ1) is 15.9. The Morgan fingerprint density at radius 2 is 2.18 bits per heavy atom. The minimum absolute atomic E-state index is 0.0590. The molecule has 1 fully saturated rings. The number of piperidine rings is 1. The summed E-state index contributed by atoms with van der Waals surface area (Å²) in [6, 6.07) is 3.17. The predicted octanol–water partition coefficient (Wildman–Crippen LogP) is 4.03. The monoisotopic (exact) mass is 537 g/mol. The highest BCUT2D eigenvalue weighted by atomic mass is 79.9. The first kappa shape index (κ1) is 25.5. The smallest absolute Gasteiger partial charge is 0.410 e. The molecule has 3 rings (SSSR count). The van der Waals surface area contributed by atoms with Gasteiger partial charge < -0.3 is 14.4 Å². The molecule has 8 nitrogen and oxygen atoms in total. The lowest BCUT2D eigenvalue weighted by atomic mass is 9.94. The van der Waals surface area contributed by atoms with Crippen LogP contribution in [0.5, 0.6) is 0 Å². The summed E-state index contributed by atoms with van der Waals surface area (Å²) in [5.41, 5.74) is 0.298. The molecule has 2 heterocycles. The third-order valence-electron chi connectivity index (χ3n) is 5.54. The van der Waals surface area contributed by atoms with Gasteiger partial charge in [0.1, 0.15) is 6.61 Å². The Morgan fingerprint density at radius 1 is 1.39 bits per heavy atom. The van der Waals surface area contributed by atoms with E-state index in [1.54, 1.807) is 23.8 Å². The van der Waals surface area contributed by atoms with Crippen molar-refractivity contribution in [2.45, 2.75) is 49.8 Å². The fraction of sp³-hybridized carbons (Fsp3) is 0.478. The minimum Gasteiger partial charge on any atom is -0.445 e. The molecular weight excluding hydrogens is 510 g/mol. The maximum atomic E-state index is 13.1. The number of ketones is 1. The van der Waals surface area contributed by atoms with Crippen LogP contribution in [0.3, 0.4) is 0 Å². The summed E-state index contributed by atoms with van der Waals surface area (Å²) in [4.78, 5) is 45.4. The van der Waals surface area contributed by atoms with Gasteiger partial charge in [0.15, 0.2) is 5.78 Å². The number of amides is 1. The molecule has 1 aromatic heterocycles. The summed E-state index contributed by atoms with van der Waals surface area (Å²) >= 11 is 5.14. The number of rotatable bonds is 9. The van der Waals surface area contributed by atoms with Crippen LogP contribution in [-0.4, -0.2) is 64.5 Å². The number of carbonyl (C=O) groups is 2. The zero-order valence-corrected chi connectivity index (χ0v) is 21.2. The van der Waals surface area contributed by atoms with Crippen molar-refractivity contribution in [3.63, 3.8) is 0 Å². The van der Waals surface area contributed by atoms with Gasteiger partial charge >= 0.3 is 6.09 Å². The van der Waals surface area contributed by atoms with E-state index in [1.165, 1.54) is 17.0 Å². The Morgan fingerprint density at radius 3 is 2.88 bits per heavy atom. The van der Waals surface area contributed by atoms with Crippen LogP contribution in [0.2, 0.25) is 0 Å². The van der Waals surface area contributed by atoms with Gasteiger partial charge in [-0.05, 0) is 46.7 Å². The molecule has 0 radical (unpaired) electrons. The maximum absolute atomic E-state index is 13.1. The second-order valence-corrected chi connectivity index (χ2v) is 9.86. The van der Waals surface area contributed by atoms with Crippen LogP contribution in [0, 0.1) is 0 Å². The Labute approximate surface area is 205 Å². The third kappa shape index (κ3) is 6.04. The number of carbonyl (C=O) groups excluding carboxylic acids is 2. The molecule has 0 unspecified atom stereocenters. The highest BCUT2D eigenvalue weighted by Gasteiger charge is 2.36. The standard InChI is InChI=1S/C23H28BrN3O5S/c1-4-9-32-23(30)27-8-6-7-20(31-3)19(27)10-15(28)13-26-14-25-18-12-17(24)21(33-5-2)11-16(18)22(26)29/h4,11-12,14,19-20H,1,5-10,13H2,2-3H3/t19-,20+/m0/s1. The molecule has 1 aliphatic rings. The highest BCUT2D eigenvalue weighted by Crippen LogP contribution is 2.30. The molecule has 2 aromatic rings. The van der Waals surface area contributed by atoms with E-state index >= 15 is 0 Å². The lowest BCUT2D eigenvalue weighted by Gasteiger charge is -2.39. The first-order valence-electron chi connectivity index (χ1n) is 10.8. The summed E-state index contributed by atoms with van der Waals surface area (Å²) in [6.07, 6.45) is 3.67. The average Bonchev–Trinajstić information content (AvgIpc) is 2.80. The van der Waals surface area contributed by atoms with Crippen LogP contribution in [0.1, 0.15) is 26.2 Å². The van der Waals surface area contributed by atoms with Crippen LogP contribution in [0.4, 0.5) is 4.79 Å².